The molecule has 5 heteroatoms. The van der Waals surface area contributed by atoms with E-state index >= 15 is 0 Å². The predicted molar refractivity (Wildman–Crippen MR) is 81.0 cm³/mol. The summed E-state index contributed by atoms with van der Waals surface area (Å²) in [5, 5.41) is 12.9. The number of carboxylic acid groups (broad SMARTS) is 1. The molecule has 0 aliphatic carbocycles. The van der Waals surface area contributed by atoms with Crippen LogP contribution in [0.4, 0.5) is 0 Å². The van der Waals surface area contributed by atoms with E-state index in [0.29, 0.717) is 6.54 Å². The Morgan fingerprint density at radius 1 is 1.24 bits per heavy atom. The average Bonchev–Trinajstić information content (AvgIpc) is 2.45. The Kier molecular flexibility index (Phi) is 4.61. The first-order valence-corrected chi connectivity index (χ1v) is 8.09. The third-order valence-electron chi connectivity index (χ3n) is 5.46. The van der Waals surface area contributed by atoms with Crippen LogP contribution in [0.3, 0.4) is 0 Å². The Bertz CT molecular complexity index is 414. The first-order chi connectivity index (χ1) is 9.84. The van der Waals surface area contributed by atoms with Gasteiger partial charge in [0.05, 0.1) is 5.41 Å². The second kappa shape index (κ2) is 5.95. The number of amides is 1. The lowest BCUT2D eigenvalue weighted by Crippen LogP contribution is -2.60. The van der Waals surface area contributed by atoms with E-state index in [0.717, 1.165) is 45.2 Å². The summed E-state index contributed by atoms with van der Waals surface area (Å²) in [4.78, 5) is 26.6. The van der Waals surface area contributed by atoms with E-state index in [9.17, 15) is 14.7 Å². The molecular formula is C16H28N2O3. The van der Waals surface area contributed by atoms with Crippen molar-refractivity contribution in [1.29, 1.82) is 0 Å². The molecule has 1 atom stereocenters. The van der Waals surface area contributed by atoms with Gasteiger partial charge in [0.15, 0.2) is 0 Å². The van der Waals surface area contributed by atoms with E-state index in [1.807, 2.05) is 20.8 Å². The van der Waals surface area contributed by atoms with Crippen LogP contribution in [0.15, 0.2) is 0 Å². The van der Waals surface area contributed by atoms with Crippen molar-refractivity contribution < 1.29 is 14.7 Å². The summed E-state index contributed by atoms with van der Waals surface area (Å²) in [5.74, 6) is -0.806. The number of hydrogen-bond donors (Lipinski definition) is 2. The molecule has 21 heavy (non-hydrogen) atoms. The van der Waals surface area contributed by atoms with E-state index in [-0.39, 0.29) is 16.7 Å². The Balaban J connectivity index is 2.28. The van der Waals surface area contributed by atoms with Gasteiger partial charge in [0.2, 0.25) is 5.91 Å². The van der Waals surface area contributed by atoms with Gasteiger partial charge in [-0.15, -0.1) is 0 Å². The van der Waals surface area contributed by atoms with Gasteiger partial charge in [-0.3, -0.25) is 4.79 Å². The molecule has 1 amide bonds. The minimum absolute atomic E-state index is 0.0617. The van der Waals surface area contributed by atoms with Gasteiger partial charge in [-0.1, -0.05) is 20.8 Å². The Morgan fingerprint density at radius 2 is 1.86 bits per heavy atom. The summed E-state index contributed by atoms with van der Waals surface area (Å²) in [6.45, 7) is 8.24. The molecule has 0 bridgehead atoms. The Hall–Kier alpha value is -1.10. The molecule has 0 aromatic rings. The number of nitrogens with one attached hydrogen (secondary N) is 1. The maximum atomic E-state index is 13.1. The fourth-order valence-electron chi connectivity index (χ4n) is 4.01. The van der Waals surface area contributed by atoms with E-state index in [1.165, 1.54) is 0 Å². The molecular weight excluding hydrogens is 268 g/mol. The zero-order valence-corrected chi connectivity index (χ0v) is 13.4. The number of rotatable bonds is 3. The number of nitrogens with zero attached hydrogens (tertiary/aromatic N) is 1. The van der Waals surface area contributed by atoms with Gasteiger partial charge in [0.1, 0.15) is 6.04 Å². The molecule has 0 aromatic heterocycles. The Morgan fingerprint density at radius 3 is 2.38 bits per heavy atom. The molecule has 2 fully saturated rings. The van der Waals surface area contributed by atoms with Gasteiger partial charge in [0, 0.05) is 6.54 Å². The molecule has 0 spiro atoms. The molecule has 2 heterocycles. The number of hydrogen-bond acceptors (Lipinski definition) is 3. The summed E-state index contributed by atoms with van der Waals surface area (Å²) in [6.07, 6.45) is 4.16. The smallest absolute Gasteiger partial charge is 0.326 e. The molecule has 2 aliphatic heterocycles. The van der Waals surface area contributed by atoms with Gasteiger partial charge in [0.25, 0.3) is 0 Å². The van der Waals surface area contributed by atoms with Crippen LogP contribution < -0.4 is 5.32 Å². The van der Waals surface area contributed by atoms with Crippen molar-refractivity contribution in [3.63, 3.8) is 0 Å². The first-order valence-electron chi connectivity index (χ1n) is 8.09. The zero-order valence-electron chi connectivity index (χ0n) is 13.4. The number of carbonyl (C=O) groups is 2. The maximum absolute atomic E-state index is 13.1. The van der Waals surface area contributed by atoms with Crippen LogP contribution in [0.1, 0.15) is 52.9 Å². The van der Waals surface area contributed by atoms with Crippen LogP contribution in [-0.4, -0.2) is 47.6 Å². The lowest BCUT2D eigenvalue weighted by atomic mass is 9.71. The summed E-state index contributed by atoms with van der Waals surface area (Å²) in [5.41, 5.74) is -0.728. The van der Waals surface area contributed by atoms with Crippen LogP contribution in [0.25, 0.3) is 0 Å². The summed E-state index contributed by atoms with van der Waals surface area (Å²) >= 11 is 0. The molecule has 0 radical (unpaired) electrons. The second-order valence-corrected chi connectivity index (χ2v) is 7.22. The molecule has 0 aromatic carbocycles. The predicted octanol–water partition coefficient (Wildman–Crippen LogP) is 1.87. The van der Waals surface area contributed by atoms with Gasteiger partial charge in [-0.2, -0.15) is 0 Å². The standard InChI is InChI=1S/C16H28N2O3/c1-4-16(7-9-17-10-8-16)14(21)18-11-5-6-15(2,3)12(18)13(19)20/h12,17H,4-11H2,1-3H3,(H,19,20). The lowest BCUT2D eigenvalue weighted by molar-refractivity contribution is -0.165. The van der Waals surface area contributed by atoms with Crippen LogP contribution in [0.5, 0.6) is 0 Å². The summed E-state index contributed by atoms with van der Waals surface area (Å²) in [7, 11) is 0. The van der Waals surface area contributed by atoms with Crippen LogP contribution in [-0.2, 0) is 9.59 Å². The van der Waals surface area contributed by atoms with Crippen molar-refractivity contribution in [2.24, 2.45) is 10.8 Å². The number of carbonyl (C=O) groups excluding carboxylic acids is 1. The van der Waals surface area contributed by atoms with Crippen molar-refractivity contribution in [2.75, 3.05) is 19.6 Å². The van der Waals surface area contributed by atoms with E-state index in [2.05, 4.69) is 5.32 Å². The fourth-order valence-corrected chi connectivity index (χ4v) is 4.01. The van der Waals surface area contributed by atoms with Crippen molar-refractivity contribution in [2.45, 2.75) is 58.9 Å². The molecule has 0 saturated carbocycles. The van der Waals surface area contributed by atoms with Crippen LogP contribution >= 0.6 is 0 Å². The number of carboxylic acids is 1. The highest BCUT2D eigenvalue weighted by Crippen LogP contribution is 2.41. The monoisotopic (exact) mass is 296 g/mol. The first kappa shape index (κ1) is 16.3. The molecule has 2 rings (SSSR count). The SMILES string of the molecule is CCC1(C(=O)N2CCCC(C)(C)C2C(=O)O)CCNCC1. The Labute approximate surface area is 127 Å². The third kappa shape index (κ3) is 2.93. The minimum atomic E-state index is -0.867. The van der Waals surface area contributed by atoms with Crippen molar-refractivity contribution in [1.82, 2.24) is 10.2 Å². The summed E-state index contributed by atoms with van der Waals surface area (Å²) < 4.78 is 0. The maximum Gasteiger partial charge on any atom is 0.326 e. The van der Waals surface area contributed by atoms with Crippen LogP contribution in [0.2, 0.25) is 0 Å². The van der Waals surface area contributed by atoms with E-state index < -0.39 is 12.0 Å². The second-order valence-electron chi connectivity index (χ2n) is 7.22. The minimum Gasteiger partial charge on any atom is -0.480 e. The number of piperidine rings is 2. The van der Waals surface area contributed by atoms with Gasteiger partial charge >= 0.3 is 5.97 Å². The molecule has 2 aliphatic rings. The quantitative estimate of drug-likeness (QED) is 0.834. The molecule has 1 unspecified atom stereocenters. The van der Waals surface area contributed by atoms with Crippen molar-refractivity contribution >= 4 is 11.9 Å². The van der Waals surface area contributed by atoms with Crippen molar-refractivity contribution in [3.8, 4) is 0 Å². The fraction of sp³-hybridized carbons (Fsp3) is 0.875. The molecule has 5 nitrogen and oxygen atoms in total. The molecule has 120 valence electrons. The molecule has 2 N–H and O–H groups in total. The third-order valence-corrected chi connectivity index (χ3v) is 5.46. The highest BCUT2D eigenvalue weighted by atomic mass is 16.4. The number of likely N-dealkylation sites (tertiary alicyclic amines) is 1. The lowest BCUT2D eigenvalue weighted by Gasteiger charge is -2.48. The normalized spacial score (nSPS) is 28.1. The van der Waals surface area contributed by atoms with Crippen molar-refractivity contribution in [3.05, 3.63) is 0 Å². The van der Waals surface area contributed by atoms with Gasteiger partial charge < -0.3 is 15.3 Å². The highest BCUT2D eigenvalue weighted by Gasteiger charge is 2.49. The zero-order chi connectivity index (χ0) is 15.7. The topological polar surface area (TPSA) is 69.6 Å². The molecule has 2 saturated heterocycles. The van der Waals surface area contributed by atoms with Crippen LogP contribution in [0, 0.1) is 10.8 Å². The number of aliphatic carboxylic acids is 1. The van der Waals surface area contributed by atoms with E-state index in [4.69, 9.17) is 0 Å². The van der Waals surface area contributed by atoms with Gasteiger partial charge in [-0.25, -0.2) is 4.79 Å². The highest BCUT2D eigenvalue weighted by molar-refractivity contribution is 5.88. The van der Waals surface area contributed by atoms with E-state index in [1.54, 1.807) is 4.90 Å². The summed E-state index contributed by atoms with van der Waals surface area (Å²) in [6, 6.07) is -0.697. The largest absolute Gasteiger partial charge is 0.480 e. The van der Waals surface area contributed by atoms with Gasteiger partial charge in [-0.05, 0) is 50.6 Å². The average molecular weight is 296 g/mol.